The lowest BCUT2D eigenvalue weighted by molar-refractivity contribution is -0.352. The topological polar surface area (TPSA) is 216 Å². The zero-order valence-corrected chi connectivity index (χ0v) is 18.0. The van der Waals surface area contributed by atoms with Crippen molar-refractivity contribution in [1.82, 2.24) is 0 Å². The Morgan fingerprint density at radius 1 is 0.971 bits per heavy atom. The first-order valence-electron chi connectivity index (χ1n) is 10.4. The van der Waals surface area contributed by atoms with Crippen molar-refractivity contribution in [3.05, 3.63) is 29.8 Å². The van der Waals surface area contributed by atoms with E-state index in [9.17, 15) is 45.6 Å². The van der Waals surface area contributed by atoms with Gasteiger partial charge in [-0.2, -0.15) is 0 Å². The van der Waals surface area contributed by atoms with Gasteiger partial charge in [0.05, 0.1) is 12.7 Å². The molecule has 0 saturated carbocycles. The number of hydrogen-bond donors (Lipinski definition) is 8. The summed E-state index contributed by atoms with van der Waals surface area (Å²) < 4.78 is 21.3. The molecule has 2 heterocycles. The van der Waals surface area contributed by atoms with Crippen LogP contribution in [0.5, 0.6) is 11.5 Å². The van der Waals surface area contributed by atoms with Crippen molar-refractivity contribution in [1.29, 1.82) is 0 Å². The molecule has 0 aromatic heterocycles. The Morgan fingerprint density at radius 2 is 1.68 bits per heavy atom. The maximum absolute atomic E-state index is 12.4. The minimum absolute atomic E-state index is 0.342. The van der Waals surface area contributed by atoms with Crippen molar-refractivity contribution in [2.24, 2.45) is 0 Å². The Kier molecular flexibility index (Phi) is 8.46. The molecule has 1 aromatic rings. The summed E-state index contributed by atoms with van der Waals surface area (Å²) in [6.45, 7) is 0.661. The van der Waals surface area contributed by atoms with Crippen LogP contribution in [-0.2, 0) is 23.7 Å². The van der Waals surface area contributed by atoms with Gasteiger partial charge in [-0.15, -0.1) is 0 Å². The van der Waals surface area contributed by atoms with Crippen molar-refractivity contribution in [3.8, 4) is 11.5 Å². The number of esters is 1. The smallest absolute Gasteiger partial charge is 0.331 e. The van der Waals surface area contributed by atoms with E-state index < -0.39 is 79.7 Å². The maximum Gasteiger partial charge on any atom is 0.331 e. The highest BCUT2D eigenvalue weighted by Crippen LogP contribution is 2.30. The molecule has 2 fully saturated rings. The number of benzene rings is 1. The first kappa shape index (κ1) is 26.3. The summed E-state index contributed by atoms with van der Waals surface area (Å²) in [6, 6.07) is 3.81. The van der Waals surface area contributed by atoms with E-state index >= 15 is 0 Å². The standard InChI is InChI=1S/C21H28O13/c1-8-14(26)15(27)16(28)21(31-8)34-19-17(29)20(30)32-12(7-22)18(19)33-13(25)5-3-9-2-4-10(23)11(24)6-9/h2-6,8,12,14-24,26-30H,7H2,1H3/t8-,12+,14-,15+,16+,17+,18+,19+,20+,21+/m0/s1. The molecule has 10 atom stereocenters. The predicted molar refractivity (Wildman–Crippen MR) is 110 cm³/mol. The van der Waals surface area contributed by atoms with Gasteiger partial charge in [0, 0.05) is 6.08 Å². The highest BCUT2D eigenvalue weighted by molar-refractivity contribution is 5.87. The molecule has 13 heteroatoms. The van der Waals surface area contributed by atoms with Crippen LogP contribution in [0.3, 0.4) is 0 Å². The number of hydrogen-bond acceptors (Lipinski definition) is 13. The van der Waals surface area contributed by atoms with Gasteiger partial charge in [-0.1, -0.05) is 6.07 Å². The Hall–Kier alpha value is -2.33. The molecule has 8 N–H and O–H groups in total. The Bertz CT molecular complexity index is 876. The molecule has 3 rings (SSSR count). The van der Waals surface area contributed by atoms with E-state index in [4.69, 9.17) is 18.9 Å². The maximum atomic E-state index is 12.4. The third kappa shape index (κ3) is 5.66. The van der Waals surface area contributed by atoms with Crippen LogP contribution in [0.2, 0.25) is 0 Å². The Morgan fingerprint density at radius 3 is 2.32 bits per heavy atom. The van der Waals surface area contributed by atoms with Gasteiger partial charge in [0.15, 0.2) is 30.2 Å². The molecule has 0 radical (unpaired) electrons. The van der Waals surface area contributed by atoms with E-state index in [2.05, 4.69) is 0 Å². The van der Waals surface area contributed by atoms with Crippen molar-refractivity contribution < 1.29 is 64.6 Å². The second-order valence-electron chi connectivity index (χ2n) is 8.00. The van der Waals surface area contributed by atoms with Gasteiger partial charge in [0.2, 0.25) is 0 Å². The normalized spacial score (nSPS) is 38.7. The zero-order valence-electron chi connectivity index (χ0n) is 18.0. The number of rotatable bonds is 6. The number of phenols is 2. The number of ether oxygens (including phenoxy) is 4. The lowest BCUT2D eigenvalue weighted by Gasteiger charge is -2.45. The number of phenolic OH excluding ortho intramolecular Hbond substituents is 2. The van der Waals surface area contributed by atoms with Gasteiger partial charge in [-0.3, -0.25) is 0 Å². The average molecular weight is 488 g/mol. The molecule has 2 aliphatic heterocycles. The number of carbonyl (C=O) groups is 1. The SMILES string of the molecule is C[C@@H]1O[C@H](O[C@@H]2[C@@H](O)[C@H](O)O[C@H](CO)[C@H]2OC(=O)C=Cc2ccc(O)c(O)c2)[C@H](O)[C@H](O)[C@H]1O. The Labute approximate surface area is 193 Å². The summed E-state index contributed by atoms with van der Waals surface area (Å²) in [5, 5.41) is 79.0. The molecule has 2 aliphatic rings. The molecule has 0 bridgehead atoms. The van der Waals surface area contributed by atoms with Crippen LogP contribution in [0.15, 0.2) is 24.3 Å². The first-order chi connectivity index (χ1) is 16.0. The summed E-state index contributed by atoms with van der Waals surface area (Å²) in [7, 11) is 0. The molecular weight excluding hydrogens is 460 g/mol. The van der Waals surface area contributed by atoms with E-state index in [0.717, 1.165) is 6.08 Å². The van der Waals surface area contributed by atoms with E-state index in [1.807, 2.05) is 0 Å². The van der Waals surface area contributed by atoms with Gasteiger partial charge in [0.1, 0.15) is 36.6 Å². The Balaban J connectivity index is 1.77. The van der Waals surface area contributed by atoms with Crippen molar-refractivity contribution in [3.63, 3.8) is 0 Å². The number of aliphatic hydroxyl groups is 6. The third-order valence-corrected chi connectivity index (χ3v) is 5.58. The second kappa shape index (κ2) is 10.9. The van der Waals surface area contributed by atoms with Crippen LogP contribution < -0.4 is 0 Å². The number of aromatic hydroxyl groups is 2. The fourth-order valence-corrected chi connectivity index (χ4v) is 3.62. The fourth-order valence-electron chi connectivity index (χ4n) is 3.62. The molecular formula is C21H28O13. The van der Waals surface area contributed by atoms with E-state index in [1.165, 1.54) is 31.2 Å². The predicted octanol–water partition coefficient (Wildman–Crippen LogP) is -2.69. The summed E-state index contributed by atoms with van der Waals surface area (Å²) in [4.78, 5) is 12.4. The van der Waals surface area contributed by atoms with Crippen LogP contribution in [0.1, 0.15) is 12.5 Å². The molecule has 0 aliphatic carbocycles. The minimum Gasteiger partial charge on any atom is -0.504 e. The van der Waals surface area contributed by atoms with Gasteiger partial charge in [-0.05, 0) is 30.7 Å². The van der Waals surface area contributed by atoms with Crippen LogP contribution >= 0.6 is 0 Å². The lowest BCUT2D eigenvalue weighted by atomic mass is 9.97. The summed E-state index contributed by atoms with van der Waals surface area (Å²) >= 11 is 0. The largest absolute Gasteiger partial charge is 0.504 e. The monoisotopic (exact) mass is 488 g/mol. The van der Waals surface area contributed by atoms with E-state index in [-0.39, 0.29) is 5.75 Å². The molecule has 2 saturated heterocycles. The van der Waals surface area contributed by atoms with Crippen molar-refractivity contribution in [2.45, 2.75) is 68.3 Å². The minimum atomic E-state index is -1.85. The first-order valence-corrected chi connectivity index (χ1v) is 10.4. The molecule has 34 heavy (non-hydrogen) atoms. The third-order valence-electron chi connectivity index (χ3n) is 5.58. The fraction of sp³-hybridized carbons (Fsp3) is 0.571. The van der Waals surface area contributed by atoms with Crippen LogP contribution in [0.25, 0.3) is 6.08 Å². The average Bonchev–Trinajstić information content (AvgIpc) is 2.81. The van der Waals surface area contributed by atoms with Gasteiger partial charge < -0.3 is 59.8 Å². The van der Waals surface area contributed by atoms with Gasteiger partial charge in [0.25, 0.3) is 0 Å². The molecule has 0 spiro atoms. The van der Waals surface area contributed by atoms with Crippen molar-refractivity contribution >= 4 is 12.0 Å². The number of aliphatic hydroxyl groups excluding tert-OH is 6. The van der Waals surface area contributed by atoms with Gasteiger partial charge >= 0.3 is 5.97 Å². The molecule has 1 aromatic carbocycles. The van der Waals surface area contributed by atoms with Crippen LogP contribution in [-0.4, -0.2) is 115 Å². The highest BCUT2D eigenvalue weighted by atomic mass is 16.7. The lowest BCUT2D eigenvalue weighted by Crippen LogP contribution is -2.64. The zero-order chi connectivity index (χ0) is 25.2. The van der Waals surface area contributed by atoms with E-state index in [1.54, 1.807) is 0 Å². The summed E-state index contributed by atoms with van der Waals surface area (Å²) in [5.41, 5.74) is 0.342. The molecule has 13 nitrogen and oxygen atoms in total. The summed E-state index contributed by atoms with van der Waals surface area (Å²) in [6.07, 6.45) is -13.2. The number of carbonyl (C=O) groups excluding carboxylic acids is 1. The molecule has 0 amide bonds. The van der Waals surface area contributed by atoms with E-state index in [0.29, 0.717) is 5.56 Å². The quantitative estimate of drug-likeness (QED) is 0.116. The van der Waals surface area contributed by atoms with Crippen LogP contribution in [0, 0.1) is 0 Å². The second-order valence-corrected chi connectivity index (χ2v) is 8.00. The summed E-state index contributed by atoms with van der Waals surface area (Å²) in [5.74, 6) is -1.74. The van der Waals surface area contributed by atoms with Gasteiger partial charge in [-0.25, -0.2) is 4.79 Å². The molecule has 0 unspecified atom stereocenters. The van der Waals surface area contributed by atoms with Crippen LogP contribution in [0.4, 0.5) is 0 Å². The molecule has 190 valence electrons. The highest BCUT2D eigenvalue weighted by Gasteiger charge is 2.51. The van der Waals surface area contributed by atoms with Crippen molar-refractivity contribution in [2.75, 3.05) is 6.61 Å².